The molecule has 6 nitrogen and oxygen atoms in total. The number of nitrogens with zero attached hydrogens (tertiary/aromatic N) is 1. The molecule has 1 N–H and O–H groups in total. The third-order valence-electron chi connectivity index (χ3n) is 2.51. The zero-order valence-electron chi connectivity index (χ0n) is 8.86. The van der Waals surface area contributed by atoms with Gasteiger partial charge in [-0.2, -0.15) is 0 Å². The summed E-state index contributed by atoms with van der Waals surface area (Å²) in [5.74, 6) is 2.22. The second-order valence-electron chi connectivity index (χ2n) is 3.26. The number of methoxy groups -OCH3 is 2. The molecule has 2 heterocycles. The van der Waals surface area contributed by atoms with E-state index in [-0.39, 0.29) is 6.79 Å². The Labute approximate surface area is 91.1 Å². The standard InChI is InChI=1S/C10H10N2O4/c1-13-7-5-6(12-3-11-5)8-10(9(7)14-2)16-4-15-8/h3H,4H2,1-2H3,(H,11,12). The number of aromatic nitrogens is 2. The third-order valence-corrected chi connectivity index (χ3v) is 2.51. The van der Waals surface area contributed by atoms with Crippen LogP contribution in [-0.4, -0.2) is 31.0 Å². The van der Waals surface area contributed by atoms with Crippen molar-refractivity contribution in [3.63, 3.8) is 0 Å². The molecule has 0 fully saturated rings. The molecule has 0 unspecified atom stereocenters. The van der Waals surface area contributed by atoms with Gasteiger partial charge in [0.2, 0.25) is 18.3 Å². The highest BCUT2D eigenvalue weighted by Gasteiger charge is 2.29. The highest BCUT2D eigenvalue weighted by Crippen LogP contribution is 2.51. The summed E-state index contributed by atoms with van der Waals surface area (Å²) in [7, 11) is 3.13. The summed E-state index contributed by atoms with van der Waals surface area (Å²) in [6.45, 7) is 0.167. The lowest BCUT2D eigenvalue weighted by Gasteiger charge is -2.10. The highest BCUT2D eigenvalue weighted by atomic mass is 16.7. The fraction of sp³-hybridized carbons (Fsp3) is 0.300. The van der Waals surface area contributed by atoms with Gasteiger partial charge in [-0.3, -0.25) is 0 Å². The Kier molecular flexibility index (Phi) is 1.82. The Balaban J connectivity index is 2.44. The van der Waals surface area contributed by atoms with E-state index >= 15 is 0 Å². The summed E-state index contributed by atoms with van der Waals surface area (Å²) >= 11 is 0. The Morgan fingerprint density at radius 3 is 2.69 bits per heavy atom. The van der Waals surface area contributed by atoms with E-state index in [2.05, 4.69) is 9.97 Å². The van der Waals surface area contributed by atoms with Crippen molar-refractivity contribution in [2.45, 2.75) is 0 Å². The predicted molar refractivity (Wildman–Crippen MR) is 55.3 cm³/mol. The number of ether oxygens (including phenoxy) is 4. The van der Waals surface area contributed by atoms with Gasteiger partial charge in [0, 0.05) is 0 Å². The van der Waals surface area contributed by atoms with Crippen LogP contribution < -0.4 is 18.9 Å². The maximum Gasteiger partial charge on any atom is 0.231 e. The Morgan fingerprint density at radius 1 is 1.19 bits per heavy atom. The maximum absolute atomic E-state index is 5.37. The number of hydrogen-bond donors (Lipinski definition) is 1. The second-order valence-corrected chi connectivity index (χ2v) is 3.26. The highest BCUT2D eigenvalue weighted by molar-refractivity contribution is 5.94. The topological polar surface area (TPSA) is 65.6 Å². The van der Waals surface area contributed by atoms with Crippen molar-refractivity contribution in [1.29, 1.82) is 0 Å². The number of nitrogens with one attached hydrogen (secondary N) is 1. The van der Waals surface area contributed by atoms with Gasteiger partial charge >= 0.3 is 0 Å². The number of H-pyrrole nitrogens is 1. The van der Waals surface area contributed by atoms with E-state index in [1.807, 2.05) is 0 Å². The SMILES string of the molecule is COc1c2c(c3nc[nH]c3c1OC)OCO2. The fourth-order valence-corrected chi connectivity index (χ4v) is 1.86. The quantitative estimate of drug-likeness (QED) is 0.829. The first-order chi connectivity index (χ1) is 7.86. The van der Waals surface area contributed by atoms with E-state index in [0.29, 0.717) is 28.5 Å². The van der Waals surface area contributed by atoms with E-state index in [1.165, 1.54) is 0 Å². The van der Waals surface area contributed by atoms with E-state index < -0.39 is 0 Å². The van der Waals surface area contributed by atoms with E-state index in [0.717, 1.165) is 5.52 Å². The van der Waals surface area contributed by atoms with Gasteiger partial charge in [0.1, 0.15) is 11.0 Å². The molecule has 1 aromatic carbocycles. The zero-order chi connectivity index (χ0) is 11.1. The van der Waals surface area contributed by atoms with Crippen LogP contribution in [0.15, 0.2) is 6.33 Å². The molecule has 0 radical (unpaired) electrons. The first-order valence-corrected chi connectivity index (χ1v) is 4.73. The second kappa shape index (κ2) is 3.19. The average molecular weight is 222 g/mol. The molecule has 0 saturated carbocycles. The third kappa shape index (κ3) is 0.982. The first kappa shape index (κ1) is 9.14. The fourth-order valence-electron chi connectivity index (χ4n) is 1.86. The van der Waals surface area contributed by atoms with Crippen molar-refractivity contribution >= 4 is 11.0 Å². The zero-order valence-corrected chi connectivity index (χ0v) is 8.86. The van der Waals surface area contributed by atoms with E-state index in [4.69, 9.17) is 18.9 Å². The summed E-state index contributed by atoms with van der Waals surface area (Å²) in [4.78, 5) is 7.17. The Bertz CT molecular complexity index is 549. The number of fused-ring (bicyclic) bond motifs is 3. The summed E-state index contributed by atoms with van der Waals surface area (Å²) < 4.78 is 21.3. The number of imidazole rings is 1. The van der Waals surface area contributed by atoms with Crippen LogP contribution in [0.25, 0.3) is 11.0 Å². The van der Waals surface area contributed by atoms with E-state index in [9.17, 15) is 0 Å². The number of hydrogen-bond acceptors (Lipinski definition) is 5. The summed E-state index contributed by atoms with van der Waals surface area (Å²) in [5, 5.41) is 0. The molecule has 0 spiro atoms. The lowest BCUT2D eigenvalue weighted by molar-refractivity contribution is 0.171. The minimum Gasteiger partial charge on any atom is -0.491 e. The van der Waals surface area contributed by atoms with Gasteiger partial charge in [-0.25, -0.2) is 4.98 Å². The monoisotopic (exact) mass is 222 g/mol. The molecular formula is C10H10N2O4. The van der Waals surface area contributed by atoms with Crippen LogP contribution in [-0.2, 0) is 0 Å². The minimum absolute atomic E-state index is 0.167. The molecule has 0 bridgehead atoms. The normalized spacial score (nSPS) is 13.1. The van der Waals surface area contributed by atoms with Crippen LogP contribution in [0.1, 0.15) is 0 Å². The largest absolute Gasteiger partial charge is 0.491 e. The van der Waals surface area contributed by atoms with Crippen molar-refractivity contribution in [3.05, 3.63) is 6.33 Å². The lowest BCUT2D eigenvalue weighted by atomic mass is 10.2. The van der Waals surface area contributed by atoms with Gasteiger partial charge in [0.25, 0.3) is 0 Å². The van der Waals surface area contributed by atoms with Gasteiger partial charge in [-0.15, -0.1) is 0 Å². The van der Waals surface area contributed by atoms with Crippen LogP contribution in [0.5, 0.6) is 23.0 Å². The van der Waals surface area contributed by atoms with Crippen LogP contribution in [0.2, 0.25) is 0 Å². The lowest BCUT2D eigenvalue weighted by Crippen LogP contribution is -1.95. The number of rotatable bonds is 2. The molecule has 0 saturated heterocycles. The summed E-state index contributed by atoms with van der Waals surface area (Å²) in [6.07, 6.45) is 1.58. The van der Waals surface area contributed by atoms with Crippen LogP contribution in [0.4, 0.5) is 0 Å². The maximum atomic E-state index is 5.37. The van der Waals surface area contributed by atoms with Crippen molar-refractivity contribution < 1.29 is 18.9 Å². The summed E-state index contributed by atoms with van der Waals surface area (Å²) in [5.41, 5.74) is 1.42. The molecule has 1 aliphatic rings. The summed E-state index contributed by atoms with van der Waals surface area (Å²) in [6, 6.07) is 0. The van der Waals surface area contributed by atoms with Gasteiger partial charge in [-0.1, -0.05) is 0 Å². The number of aromatic amines is 1. The Morgan fingerprint density at radius 2 is 1.94 bits per heavy atom. The molecule has 84 valence electrons. The molecule has 16 heavy (non-hydrogen) atoms. The van der Waals surface area contributed by atoms with Gasteiger partial charge in [-0.05, 0) is 0 Å². The van der Waals surface area contributed by atoms with Crippen LogP contribution >= 0.6 is 0 Å². The average Bonchev–Trinajstić information content (AvgIpc) is 2.93. The predicted octanol–water partition coefficient (Wildman–Crippen LogP) is 1.31. The molecule has 0 aliphatic carbocycles. The van der Waals surface area contributed by atoms with Crippen LogP contribution in [0.3, 0.4) is 0 Å². The molecule has 1 aliphatic heterocycles. The van der Waals surface area contributed by atoms with Crippen molar-refractivity contribution in [2.75, 3.05) is 21.0 Å². The number of benzene rings is 1. The molecule has 0 amide bonds. The Hall–Kier alpha value is -2.11. The van der Waals surface area contributed by atoms with Crippen molar-refractivity contribution in [2.24, 2.45) is 0 Å². The first-order valence-electron chi connectivity index (χ1n) is 4.73. The van der Waals surface area contributed by atoms with Gasteiger partial charge in [0.15, 0.2) is 11.5 Å². The minimum atomic E-state index is 0.167. The molecule has 3 rings (SSSR count). The van der Waals surface area contributed by atoms with E-state index in [1.54, 1.807) is 20.5 Å². The molecule has 6 heteroatoms. The molecule has 1 aromatic heterocycles. The van der Waals surface area contributed by atoms with Gasteiger partial charge in [0.05, 0.1) is 20.5 Å². The molecule has 2 aromatic rings. The van der Waals surface area contributed by atoms with Crippen molar-refractivity contribution in [3.8, 4) is 23.0 Å². The van der Waals surface area contributed by atoms with Crippen molar-refractivity contribution in [1.82, 2.24) is 9.97 Å². The molecule has 0 atom stereocenters. The van der Waals surface area contributed by atoms with Crippen LogP contribution in [0, 0.1) is 0 Å². The smallest absolute Gasteiger partial charge is 0.231 e. The van der Waals surface area contributed by atoms with Gasteiger partial charge < -0.3 is 23.9 Å². The molecular weight excluding hydrogens is 212 g/mol.